The Balaban J connectivity index is 1.69. The van der Waals surface area contributed by atoms with Crippen molar-refractivity contribution in [1.29, 1.82) is 0 Å². The molecule has 0 radical (unpaired) electrons. The minimum absolute atomic E-state index is 0.0406. The van der Waals surface area contributed by atoms with Gasteiger partial charge < -0.3 is 16.4 Å². The van der Waals surface area contributed by atoms with E-state index in [4.69, 9.17) is 5.73 Å². The van der Waals surface area contributed by atoms with E-state index in [9.17, 15) is 0 Å². The zero-order valence-corrected chi connectivity index (χ0v) is 17.0. The smallest absolute Gasteiger partial charge is 0.127 e. The zero-order valence-electron chi connectivity index (χ0n) is 11.9. The van der Waals surface area contributed by atoms with E-state index in [1.807, 2.05) is 0 Å². The minimum atomic E-state index is 0.0406. The molecule has 0 spiro atoms. The van der Waals surface area contributed by atoms with E-state index in [0.717, 1.165) is 25.8 Å². The third-order valence-electron chi connectivity index (χ3n) is 3.94. The maximum atomic E-state index is 6.00. The van der Waals surface area contributed by atoms with Crippen LogP contribution in [0.2, 0.25) is 0 Å². The summed E-state index contributed by atoms with van der Waals surface area (Å²) < 4.78 is 2.73. The van der Waals surface area contributed by atoms with Crippen LogP contribution in [0.3, 0.4) is 0 Å². The monoisotopic (exact) mass is 527 g/mol. The van der Waals surface area contributed by atoms with E-state index in [-0.39, 0.29) is 5.50 Å². The molecule has 0 fully saturated rings. The van der Waals surface area contributed by atoms with Gasteiger partial charge in [0.2, 0.25) is 0 Å². The fourth-order valence-corrected chi connectivity index (χ4v) is 5.20. The molecule has 6 heteroatoms. The van der Waals surface area contributed by atoms with Gasteiger partial charge in [0.15, 0.2) is 0 Å². The first-order valence-corrected chi connectivity index (χ1v) is 10.2. The summed E-state index contributed by atoms with van der Waals surface area (Å²) in [7, 11) is 0. The number of rotatable bonds is 3. The summed E-state index contributed by atoms with van der Waals surface area (Å²) >= 11 is 6.64. The van der Waals surface area contributed by atoms with Gasteiger partial charge in [-0.25, -0.2) is 0 Å². The number of aryl methyl sites for hydroxylation is 2. The average molecular weight is 527 g/mol. The molecule has 1 aromatic rings. The SMILES string of the molecule is Cc1cc(CCC2NCCC3=C2SC(N)N3)cc(I)c1I. The highest BCUT2D eigenvalue weighted by molar-refractivity contribution is 14.1. The number of halogens is 2. The molecule has 0 aliphatic carbocycles. The van der Waals surface area contributed by atoms with E-state index in [2.05, 4.69) is 74.9 Å². The summed E-state index contributed by atoms with van der Waals surface area (Å²) in [5.41, 5.74) is 10.2. The number of nitrogens with one attached hydrogen (secondary N) is 2. The first-order valence-electron chi connectivity index (χ1n) is 7.14. The first-order chi connectivity index (χ1) is 10.0. The molecule has 2 unspecified atom stereocenters. The van der Waals surface area contributed by atoms with Crippen molar-refractivity contribution in [3.05, 3.63) is 41.0 Å². The van der Waals surface area contributed by atoms with Gasteiger partial charge in [0.1, 0.15) is 5.50 Å². The summed E-state index contributed by atoms with van der Waals surface area (Å²) in [4.78, 5) is 1.44. The van der Waals surface area contributed by atoms with E-state index in [0.29, 0.717) is 6.04 Å². The lowest BCUT2D eigenvalue weighted by atomic mass is 10.0. The molecule has 2 atom stereocenters. The molecule has 2 aliphatic rings. The predicted octanol–water partition coefficient (Wildman–Crippen LogP) is 3.29. The molecular formula is C15H19I2N3S. The molecule has 3 rings (SSSR count). The lowest BCUT2D eigenvalue weighted by Gasteiger charge is -2.25. The van der Waals surface area contributed by atoms with Crippen LogP contribution in [-0.4, -0.2) is 18.1 Å². The van der Waals surface area contributed by atoms with E-state index in [1.54, 1.807) is 11.8 Å². The van der Waals surface area contributed by atoms with Crippen LogP contribution in [-0.2, 0) is 6.42 Å². The lowest BCUT2D eigenvalue weighted by molar-refractivity contribution is 0.514. The van der Waals surface area contributed by atoms with Gasteiger partial charge >= 0.3 is 0 Å². The second kappa shape index (κ2) is 6.94. The molecule has 0 saturated carbocycles. The number of nitrogens with two attached hydrogens (primary N) is 1. The highest BCUT2D eigenvalue weighted by Crippen LogP contribution is 2.35. The Morgan fingerprint density at radius 2 is 2.19 bits per heavy atom. The molecule has 4 N–H and O–H groups in total. The molecule has 1 aromatic carbocycles. The Hall–Kier alpha value is 0.490. The van der Waals surface area contributed by atoms with Crippen LogP contribution in [0.5, 0.6) is 0 Å². The van der Waals surface area contributed by atoms with Gasteiger partial charge in [-0.2, -0.15) is 0 Å². The van der Waals surface area contributed by atoms with Crippen LogP contribution in [0.4, 0.5) is 0 Å². The molecule has 0 amide bonds. The number of thioether (sulfide) groups is 1. The number of hydrogen-bond acceptors (Lipinski definition) is 4. The summed E-state index contributed by atoms with van der Waals surface area (Å²) in [6, 6.07) is 5.10. The van der Waals surface area contributed by atoms with Crippen molar-refractivity contribution < 1.29 is 0 Å². The van der Waals surface area contributed by atoms with Crippen molar-refractivity contribution >= 4 is 56.9 Å². The van der Waals surface area contributed by atoms with Crippen LogP contribution in [0.25, 0.3) is 0 Å². The normalized spacial score (nSPS) is 25.0. The van der Waals surface area contributed by atoms with Crippen LogP contribution < -0.4 is 16.4 Å². The standard InChI is InChI=1S/C15H19I2N3S/c1-8-6-9(7-10(16)13(8)17)2-3-11-14-12(4-5-19-11)20-15(18)21-14/h6-7,11,15,19-20H,2-5,18H2,1H3. The van der Waals surface area contributed by atoms with E-state index < -0.39 is 0 Å². The second-order valence-electron chi connectivity index (χ2n) is 5.53. The average Bonchev–Trinajstić information content (AvgIpc) is 2.83. The van der Waals surface area contributed by atoms with Crippen molar-refractivity contribution in [2.24, 2.45) is 5.73 Å². The van der Waals surface area contributed by atoms with Crippen LogP contribution in [0.15, 0.2) is 22.7 Å². The quantitative estimate of drug-likeness (QED) is 0.529. The van der Waals surface area contributed by atoms with Crippen molar-refractivity contribution in [3.63, 3.8) is 0 Å². The Morgan fingerprint density at radius 1 is 1.38 bits per heavy atom. The summed E-state index contributed by atoms with van der Waals surface area (Å²) in [5, 5.41) is 7.03. The van der Waals surface area contributed by atoms with Crippen LogP contribution in [0, 0.1) is 14.1 Å². The number of hydrogen-bond donors (Lipinski definition) is 3. The van der Waals surface area contributed by atoms with Crippen LogP contribution >= 0.6 is 56.9 Å². The van der Waals surface area contributed by atoms with E-state index >= 15 is 0 Å². The highest BCUT2D eigenvalue weighted by atomic mass is 127. The maximum Gasteiger partial charge on any atom is 0.127 e. The molecule has 0 saturated heterocycles. The molecule has 2 heterocycles. The van der Waals surface area contributed by atoms with Crippen LogP contribution in [0.1, 0.15) is 24.0 Å². The van der Waals surface area contributed by atoms with Gasteiger partial charge in [-0.1, -0.05) is 17.8 Å². The third-order valence-corrected chi connectivity index (χ3v) is 8.41. The van der Waals surface area contributed by atoms with Crippen molar-refractivity contribution in [1.82, 2.24) is 10.6 Å². The Kier molecular flexibility index (Phi) is 5.40. The van der Waals surface area contributed by atoms with Gasteiger partial charge in [-0.15, -0.1) is 0 Å². The number of benzene rings is 1. The molecule has 0 bridgehead atoms. The van der Waals surface area contributed by atoms with Crippen molar-refractivity contribution in [3.8, 4) is 0 Å². The van der Waals surface area contributed by atoms with Gasteiger partial charge in [0.05, 0.1) is 0 Å². The third kappa shape index (κ3) is 3.70. The fraction of sp³-hybridized carbons (Fsp3) is 0.467. The highest BCUT2D eigenvalue weighted by Gasteiger charge is 2.30. The molecule has 3 nitrogen and oxygen atoms in total. The minimum Gasteiger partial charge on any atom is -0.364 e. The fourth-order valence-electron chi connectivity index (χ4n) is 2.92. The molecule has 0 aromatic heterocycles. The Labute approximate surface area is 157 Å². The zero-order chi connectivity index (χ0) is 15.0. The molecule has 21 heavy (non-hydrogen) atoms. The largest absolute Gasteiger partial charge is 0.364 e. The van der Waals surface area contributed by atoms with Gasteiger partial charge in [0.25, 0.3) is 0 Å². The topological polar surface area (TPSA) is 50.1 Å². The predicted molar refractivity (Wildman–Crippen MR) is 107 cm³/mol. The maximum absolute atomic E-state index is 6.00. The summed E-state index contributed by atoms with van der Waals surface area (Å²) in [6.07, 6.45) is 3.32. The summed E-state index contributed by atoms with van der Waals surface area (Å²) in [5.74, 6) is 0. The second-order valence-corrected chi connectivity index (χ2v) is 8.95. The van der Waals surface area contributed by atoms with E-state index in [1.165, 1.54) is 28.9 Å². The van der Waals surface area contributed by atoms with Crippen molar-refractivity contribution in [2.45, 2.75) is 37.7 Å². The molecule has 2 aliphatic heterocycles. The Morgan fingerprint density at radius 3 is 2.95 bits per heavy atom. The molecule has 114 valence electrons. The first kappa shape index (κ1) is 16.4. The summed E-state index contributed by atoms with van der Waals surface area (Å²) in [6.45, 7) is 3.25. The van der Waals surface area contributed by atoms with Gasteiger partial charge in [0, 0.05) is 36.7 Å². The van der Waals surface area contributed by atoms with Gasteiger partial charge in [-0.3, -0.25) is 0 Å². The van der Waals surface area contributed by atoms with Crippen molar-refractivity contribution in [2.75, 3.05) is 6.54 Å². The van der Waals surface area contributed by atoms with Gasteiger partial charge in [-0.05, 0) is 82.1 Å². The molecular weight excluding hydrogens is 508 g/mol. The Bertz CT molecular complexity index is 565. The lowest BCUT2D eigenvalue weighted by Crippen LogP contribution is -2.36.